The number of alkyl halides is 1. The topological polar surface area (TPSA) is 44.8 Å². The molecule has 0 atom stereocenters. The van der Waals surface area contributed by atoms with Crippen molar-refractivity contribution in [1.29, 1.82) is 0 Å². The number of hydrogen-bond acceptors (Lipinski definition) is 4. The number of carbonyl (C=O) groups is 1. The van der Waals surface area contributed by atoms with Crippen molar-refractivity contribution in [3.8, 4) is 17.2 Å². The van der Waals surface area contributed by atoms with Gasteiger partial charge in [0, 0.05) is 6.42 Å². The number of ether oxygens (including phenoxy) is 3. The Morgan fingerprint density at radius 2 is 1.82 bits per heavy atom. The van der Waals surface area contributed by atoms with E-state index in [0.29, 0.717) is 17.2 Å². The van der Waals surface area contributed by atoms with Crippen LogP contribution in [0.15, 0.2) is 18.2 Å². The van der Waals surface area contributed by atoms with E-state index in [1.165, 1.54) is 0 Å². The molecule has 0 saturated heterocycles. The van der Waals surface area contributed by atoms with E-state index in [-0.39, 0.29) is 24.7 Å². The van der Waals surface area contributed by atoms with Gasteiger partial charge in [0.15, 0.2) is 17.3 Å². The largest absolute Gasteiger partial charge is 0.493 e. The second-order valence-corrected chi connectivity index (χ2v) is 3.53. The molecule has 0 aliphatic rings. The van der Waals surface area contributed by atoms with Crippen molar-refractivity contribution >= 4 is 17.4 Å². The maximum atomic E-state index is 11.0. The van der Waals surface area contributed by atoms with E-state index in [4.69, 9.17) is 25.8 Å². The summed E-state index contributed by atoms with van der Waals surface area (Å²) in [6.07, 6.45) is 0.269. The van der Waals surface area contributed by atoms with Gasteiger partial charge in [-0.1, -0.05) is 6.07 Å². The van der Waals surface area contributed by atoms with E-state index in [0.717, 1.165) is 0 Å². The summed E-state index contributed by atoms with van der Waals surface area (Å²) in [4.78, 5) is 11.0. The van der Waals surface area contributed by atoms with Gasteiger partial charge in [-0.3, -0.25) is 4.79 Å². The van der Waals surface area contributed by atoms with Crippen LogP contribution in [-0.4, -0.2) is 32.5 Å². The third-order valence-corrected chi connectivity index (χ3v) is 2.46. The Labute approximate surface area is 105 Å². The smallest absolute Gasteiger partial charge is 0.203 e. The molecule has 0 radical (unpaired) electrons. The first kappa shape index (κ1) is 13.6. The molecule has 0 amide bonds. The first-order chi connectivity index (χ1) is 8.22. The van der Waals surface area contributed by atoms with Crippen LogP contribution in [0, 0.1) is 0 Å². The van der Waals surface area contributed by atoms with E-state index >= 15 is 0 Å². The standard InChI is InChI=1S/C12H15ClO4/c1-15-10-4-3-5-11(16-2)12(10)17-7-6-9(14)8-13/h3-5H,6-8H2,1-2H3. The number of carbonyl (C=O) groups excluding carboxylic acids is 1. The molecule has 17 heavy (non-hydrogen) atoms. The normalized spacial score (nSPS) is 9.82. The van der Waals surface area contributed by atoms with E-state index in [1.807, 2.05) is 0 Å². The molecule has 0 unspecified atom stereocenters. The molecule has 0 saturated carbocycles. The summed E-state index contributed by atoms with van der Waals surface area (Å²) < 4.78 is 15.8. The third-order valence-electron chi connectivity index (χ3n) is 2.16. The number of Topliss-reactive ketones (excluding diaryl/α,β-unsaturated/α-hetero) is 1. The summed E-state index contributed by atoms with van der Waals surface area (Å²) in [5.74, 6) is 1.60. The van der Waals surface area contributed by atoms with Crippen LogP contribution in [0.2, 0.25) is 0 Å². The van der Waals surface area contributed by atoms with Gasteiger partial charge in [0.1, 0.15) is 0 Å². The second-order valence-electron chi connectivity index (χ2n) is 3.26. The fourth-order valence-electron chi connectivity index (χ4n) is 1.29. The minimum atomic E-state index is -0.0551. The lowest BCUT2D eigenvalue weighted by atomic mass is 10.3. The van der Waals surface area contributed by atoms with Crippen LogP contribution in [0.1, 0.15) is 6.42 Å². The molecule has 0 aliphatic heterocycles. The first-order valence-electron chi connectivity index (χ1n) is 5.14. The van der Waals surface area contributed by atoms with Gasteiger partial charge in [-0.15, -0.1) is 11.6 Å². The van der Waals surface area contributed by atoms with Gasteiger partial charge in [0.2, 0.25) is 5.75 Å². The maximum Gasteiger partial charge on any atom is 0.203 e. The number of para-hydroxylation sites is 1. The molecule has 1 aromatic carbocycles. The predicted octanol–water partition coefficient (Wildman–Crippen LogP) is 2.28. The van der Waals surface area contributed by atoms with Gasteiger partial charge in [-0.2, -0.15) is 0 Å². The monoisotopic (exact) mass is 258 g/mol. The molecule has 5 heteroatoms. The lowest BCUT2D eigenvalue weighted by molar-refractivity contribution is -0.117. The summed E-state index contributed by atoms with van der Waals surface area (Å²) in [6.45, 7) is 0.252. The van der Waals surface area contributed by atoms with Crippen LogP contribution in [0.25, 0.3) is 0 Å². The SMILES string of the molecule is COc1cccc(OC)c1OCCC(=O)CCl. The number of ketones is 1. The second kappa shape index (κ2) is 7.01. The molecule has 4 nitrogen and oxygen atoms in total. The highest BCUT2D eigenvalue weighted by molar-refractivity contribution is 6.27. The van der Waals surface area contributed by atoms with Crippen molar-refractivity contribution in [2.75, 3.05) is 26.7 Å². The van der Waals surface area contributed by atoms with Crippen LogP contribution in [0.5, 0.6) is 17.2 Å². The Morgan fingerprint density at radius 1 is 1.24 bits per heavy atom. The summed E-state index contributed by atoms with van der Waals surface area (Å²) in [5, 5.41) is 0. The van der Waals surface area contributed by atoms with Crippen LogP contribution >= 0.6 is 11.6 Å². The highest BCUT2D eigenvalue weighted by Gasteiger charge is 2.11. The van der Waals surface area contributed by atoms with Crippen molar-refractivity contribution in [3.63, 3.8) is 0 Å². The van der Waals surface area contributed by atoms with Crippen molar-refractivity contribution in [3.05, 3.63) is 18.2 Å². The quantitative estimate of drug-likeness (QED) is 0.704. The molecule has 0 bridgehead atoms. The molecule has 0 N–H and O–H groups in total. The molecule has 0 fully saturated rings. The zero-order valence-electron chi connectivity index (χ0n) is 9.86. The highest BCUT2D eigenvalue weighted by Crippen LogP contribution is 2.36. The average molecular weight is 259 g/mol. The molecule has 0 aromatic heterocycles. The zero-order valence-corrected chi connectivity index (χ0v) is 10.6. The molecule has 1 aromatic rings. The van der Waals surface area contributed by atoms with Gasteiger partial charge in [-0.25, -0.2) is 0 Å². The summed E-state index contributed by atoms with van der Waals surface area (Å²) >= 11 is 5.40. The number of benzene rings is 1. The van der Waals surface area contributed by atoms with E-state index in [9.17, 15) is 4.79 Å². The van der Waals surface area contributed by atoms with Gasteiger partial charge < -0.3 is 14.2 Å². The molecule has 0 spiro atoms. The summed E-state index contributed by atoms with van der Waals surface area (Å²) in [6, 6.07) is 5.33. The molecular weight excluding hydrogens is 244 g/mol. The van der Waals surface area contributed by atoms with Crippen LogP contribution in [-0.2, 0) is 4.79 Å². The zero-order chi connectivity index (χ0) is 12.7. The Bertz CT molecular complexity index is 357. The predicted molar refractivity (Wildman–Crippen MR) is 65.4 cm³/mol. The van der Waals surface area contributed by atoms with Crippen LogP contribution in [0.4, 0.5) is 0 Å². The molecular formula is C12H15ClO4. The first-order valence-corrected chi connectivity index (χ1v) is 5.67. The number of rotatable bonds is 7. The van der Waals surface area contributed by atoms with Crippen LogP contribution < -0.4 is 14.2 Å². The minimum absolute atomic E-state index is 0.00637. The lowest BCUT2D eigenvalue weighted by Crippen LogP contribution is -2.08. The van der Waals surface area contributed by atoms with E-state index in [2.05, 4.69) is 0 Å². The van der Waals surface area contributed by atoms with Gasteiger partial charge in [-0.05, 0) is 12.1 Å². The molecule has 0 heterocycles. The lowest BCUT2D eigenvalue weighted by Gasteiger charge is -2.13. The Morgan fingerprint density at radius 3 is 2.29 bits per heavy atom. The average Bonchev–Trinajstić information content (AvgIpc) is 2.38. The summed E-state index contributed by atoms with van der Waals surface area (Å²) in [7, 11) is 3.09. The Kier molecular flexibility index (Phi) is 5.63. The third kappa shape index (κ3) is 3.82. The molecule has 1 rings (SSSR count). The fraction of sp³-hybridized carbons (Fsp3) is 0.417. The van der Waals surface area contributed by atoms with Gasteiger partial charge in [0.05, 0.1) is 26.7 Å². The number of hydrogen-bond donors (Lipinski definition) is 0. The summed E-state index contributed by atoms with van der Waals surface area (Å²) in [5.41, 5.74) is 0. The number of halogens is 1. The number of methoxy groups -OCH3 is 2. The van der Waals surface area contributed by atoms with E-state index < -0.39 is 0 Å². The molecule has 0 aliphatic carbocycles. The Balaban J connectivity index is 2.71. The van der Waals surface area contributed by atoms with Crippen molar-refractivity contribution < 1.29 is 19.0 Å². The Hall–Kier alpha value is -1.42. The van der Waals surface area contributed by atoms with Gasteiger partial charge in [0.25, 0.3) is 0 Å². The maximum absolute atomic E-state index is 11.0. The van der Waals surface area contributed by atoms with Crippen molar-refractivity contribution in [1.82, 2.24) is 0 Å². The molecule has 94 valence electrons. The van der Waals surface area contributed by atoms with E-state index in [1.54, 1.807) is 32.4 Å². The van der Waals surface area contributed by atoms with Crippen molar-refractivity contribution in [2.24, 2.45) is 0 Å². The van der Waals surface area contributed by atoms with Gasteiger partial charge >= 0.3 is 0 Å². The highest BCUT2D eigenvalue weighted by atomic mass is 35.5. The fourth-order valence-corrected chi connectivity index (χ4v) is 1.43. The minimum Gasteiger partial charge on any atom is -0.493 e. The van der Waals surface area contributed by atoms with Crippen molar-refractivity contribution in [2.45, 2.75) is 6.42 Å². The van der Waals surface area contributed by atoms with Crippen LogP contribution in [0.3, 0.4) is 0 Å².